The van der Waals surface area contributed by atoms with Gasteiger partial charge in [-0.1, -0.05) is 39.0 Å². The lowest BCUT2D eigenvalue weighted by Gasteiger charge is -2.43. The standard InChI is InChI=1S/C15H24N2/c1-4-12-7-5-6-8-13(12)17-10-9-15(2,3)14(16)11-17/h5-8,14H,4,9-11,16H2,1-3H3. The van der Waals surface area contributed by atoms with Gasteiger partial charge >= 0.3 is 0 Å². The second-order valence-electron chi connectivity index (χ2n) is 5.77. The van der Waals surface area contributed by atoms with E-state index < -0.39 is 0 Å². The van der Waals surface area contributed by atoms with Crippen molar-refractivity contribution >= 4 is 5.69 Å². The molecule has 0 bridgehead atoms. The minimum Gasteiger partial charge on any atom is -0.370 e. The molecule has 1 saturated heterocycles. The minimum atomic E-state index is 0.265. The molecule has 0 amide bonds. The van der Waals surface area contributed by atoms with Crippen LogP contribution < -0.4 is 10.6 Å². The van der Waals surface area contributed by atoms with Crippen LogP contribution in [-0.2, 0) is 6.42 Å². The molecule has 1 aromatic carbocycles. The van der Waals surface area contributed by atoms with Gasteiger partial charge in [0.1, 0.15) is 0 Å². The highest BCUT2D eigenvalue weighted by Crippen LogP contribution is 2.32. The van der Waals surface area contributed by atoms with Crippen LogP contribution in [0.15, 0.2) is 24.3 Å². The van der Waals surface area contributed by atoms with Crippen molar-refractivity contribution in [3.05, 3.63) is 29.8 Å². The van der Waals surface area contributed by atoms with E-state index in [4.69, 9.17) is 5.73 Å². The van der Waals surface area contributed by atoms with Gasteiger partial charge in [0, 0.05) is 24.8 Å². The van der Waals surface area contributed by atoms with Crippen LogP contribution in [0.2, 0.25) is 0 Å². The molecule has 2 rings (SSSR count). The van der Waals surface area contributed by atoms with E-state index in [-0.39, 0.29) is 11.5 Å². The largest absolute Gasteiger partial charge is 0.370 e. The summed E-state index contributed by atoms with van der Waals surface area (Å²) in [6, 6.07) is 8.96. The molecule has 0 aliphatic carbocycles. The van der Waals surface area contributed by atoms with Gasteiger partial charge in [0.15, 0.2) is 0 Å². The molecule has 0 aromatic heterocycles. The third-order valence-electron chi connectivity index (χ3n) is 4.16. The Hall–Kier alpha value is -1.02. The summed E-state index contributed by atoms with van der Waals surface area (Å²) in [6.45, 7) is 8.87. The van der Waals surface area contributed by atoms with Crippen molar-refractivity contribution in [3.63, 3.8) is 0 Å². The highest BCUT2D eigenvalue weighted by molar-refractivity contribution is 5.54. The summed E-state index contributed by atoms with van der Waals surface area (Å²) in [6.07, 6.45) is 2.26. The number of nitrogens with two attached hydrogens (primary N) is 1. The molecule has 1 aromatic rings. The quantitative estimate of drug-likeness (QED) is 0.849. The lowest BCUT2D eigenvalue weighted by atomic mass is 9.78. The Labute approximate surface area is 105 Å². The van der Waals surface area contributed by atoms with Crippen LogP contribution in [0.4, 0.5) is 5.69 Å². The van der Waals surface area contributed by atoms with Crippen LogP contribution in [0.1, 0.15) is 32.8 Å². The highest BCUT2D eigenvalue weighted by Gasteiger charge is 2.33. The third-order valence-corrected chi connectivity index (χ3v) is 4.16. The van der Waals surface area contributed by atoms with Crippen LogP contribution in [-0.4, -0.2) is 19.1 Å². The Kier molecular flexibility index (Phi) is 3.43. The smallest absolute Gasteiger partial charge is 0.0399 e. The normalized spacial score (nSPS) is 23.8. The topological polar surface area (TPSA) is 29.3 Å². The number of aryl methyl sites for hydroxylation is 1. The number of para-hydroxylation sites is 1. The molecular formula is C15H24N2. The Morgan fingerprint density at radius 1 is 1.35 bits per heavy atom. The first kappa shape index (κ1) is 12.4. The summed E-state index contributed by atoms with van der Waals surface area (Å²) in [5, 5.41) is 0. The van der Waals surface area contributed by atoms with Crippen molar-refractivity contribution in [1.29, 1.82) is 0 Å². The molecule has 2 nitrogen and oxygen atoms in total. The summed E-state index contributed by atoms with van der Waals surface area (Å²) in [7, 11) is 0. The van der Waals surface area contributed by atoms with Gasteiger partial charge in [0.2, 0.25) is 0 Å². The zero-order chi connectivity index (χ0) is 12.5. The molecule has 0 spiro atoms. The average molecular weight is 232 g/mol. The number of piperidine rings is 1. The predicted octanol–water partition coefficient (Wildman–Crippen LogP) is 2.81. The van der Waals surface area contributed by atoms with Gasteiger partial charge in [0.25, 0.3) is 0 Å². The van der Waals surface area contributed by atoms with Crippen LogP contribution >= 0.6 is 0 Å². The molecular weight excluding hydrogens is 208 g/mol. The van der Waals surface area contributed by atoms with Crippen LogP contribution in [0.3, 0.4) is 0 Å². The Bertz CT molecular complexity index is 384. The first-order chi connectivity index (χ1) is 8.04. The Morgan fingerprint density at radius 3 is 2.71 bits per heavy atom. The van der Waals surface area contributed by atoms with E-state index in [0.29, 0.717) is 0 Å². The van der Waals surface area contributed by atoms with Crippen molar-refractivity contribution in [2.75, 3.05) is 18.0 Å². The van der Waals surface area contributed by atoms with Crippen molar-refractivity contribution in [2.24, 2.45) is 11.1 Å². The summed E-state index contributed by atoms with van der Waals surface area (Å²) in [4.78, 5) is 2.45. The molecule has 0 radical (unpaired) electrons. The Balaban J connectivity index is 2.19. The molecule has 2 heteroatoms. The van der Waals surface area contributed by atoms with Gasteiger partial charge in [-0.2, -0.15) is 0 Å². The number of hydrogen-bond donors (Lipinski definition) is 1. The first-order valence-electron chi connectivity index (χ1n) is 6.63. The fourth-order valence-corrected chi connectivity index (χ4v) is 2.52. The highest BCUT2D eigenvalue weighted by atomic mass is 15.2. The summed E-state index contributed by atoms with van der Waals surface area (Å²) in [5.74, 6) is 0. The molecule has 1 aliphatic heterocycles. The van der Waals surface area contributed by atoms with E-state index in [2.05, 4.69) is 49.9 Å². The molecule has 0 saturated carbocycles. The maximum atomic E-state index is 6.29. The minimum absolute atomic E-state index is 0.265. The number of rotatable bonds is 2. The molecule has 94 valence electrons. The number of benzene rings is 1. The van der Waals surface area contributed by atoms with E-state index in [9.17, 15) is 0 Å². The maximum Gasteiger partial charge on any atom is 0.0399 e. The van der Waals surface area contributed by atoms with E-state index >= 15 is 0 Å². The van der Waals surface area contributed by atoms with Gasteiger partial charge in [0.05, 0.1) is 0 Å². The van der Waals surface area contributed by atoms with Crippen molar-refractivity contribution in [3.8, 4) is 0 Å². The maximum absolute atomic E-state index is 6.29. The lowest BCUT2D eigenvalue weighted by molar-refractivity contribution is 0.235. The van der Waals surface area contributed by atoms with Crippen LogP contribution in [0.25, 0.3) is 0 Å². The van der Waals surface area contributed by atoms with E-state index in [1.54, 1.807) is 0 Å². The average Bonchev–Trinajstić information content (AvgIpc) is 2.33. The second-order valence-corrected chi connectivity index (χ2v) is 5.77. The summed E-state index contributed by atoms with van der Waals surface area (Å²) >= 11 is 0. The predicted molar refractivity (Wildman–Crippen MR) is 74.4 cm³/mol. The molecule has 1 unspecified atom stereocenters. The van der Waals surface area contributed by atoms with Crippen LogP contribution in [0, 0.1) is 5.41 Å². The monoisotopic (exact) mass is 232 g/mol. The Morgan fingerprint density at radius 2 is 2.06 bits per heavy atom. The molecule has 1 aliphatic rings. The molecule has 1 fully saturated rings. The zero-order valence-electron chi connectivity index (χ0n) is 11.2. The van der Waals surface area contributed by atoms with Gasteiger partial charge < -0.3 is 10.6 Å². The van der Waals surface area contributed by atoms with Gasteiger partial charge in [-0.05, 0) is 29.9 Å². The zero-order valence-corrected chi connectivity index (χ0v) is 11.2. The van der Waals surface area contributed by atoms with Crippen molar-refractivity contribution in [2.45, 2.75) is 39.7 Å². The molecule has 17 heavy (non-hydrogen) atoms. The molecule has 1 heterocycles. The van der Waals surface area contributed by atoms with E-state index in [0.717, 1.165) is 19.5 Å². The van der Waals surface area contributed by atoms with Gasteiger partial charge in [-0.3, -0.25) is 0 Å². The van der Waals surface area contributed by atoms with Crippen LogP contribution in [0.5, 0.6) is 0 Å². The third kappa shape index (κ3) is 2.47. The van der Waals surface area contributed by atoms with Gasteiger partial charge in [-0.25, -0.2) is 0 Å². The number of nitrogens with zero attached hydrogens (tertiary/aromatic N) is 1. The lowest BCUT2D eigenvalue weighted by Crippen LogP contribution is -2.53. The number of anilines is 1. The van der Waals surface area contributed by atoms with Crippen molar-refractivity contribution < 1.29 is 0 Å². The SMILES string of the molecule is CCc1ccccc1N1CCC(C)(C)C(N)C1. The molecule has 2 N–H and O–H groups in total. The first-order valence-corrected chi connectivity index (χ1v) is 6.63. The second kappa shape index (κ2) is 4.69. The van der Waals surface area contributed by atoms with E-state index in [1.165, 1.54) is 17.7 Å². The summed E-state index contributed by atoms with van der Waals surface area (Å²) < 4.78 is 0. The number of hydrogen-bond acceptors (Lipinski definition) is 2. The summed E-state index contributed by atoms with van der Waals surface area (Å²) in [5.41, 5.74) is 9.37. The van der Waals surface area contributed by atoms with Crippen molar-refractivity contribution in [1.82, 2.24) is 0 Å². The fourth-order valence-electron chi connectivity index (χ4n) is 2.52. The van der Waals surface area contributed by atoms with E-state index in [1.807, 2.05) is 0 Å². The molecule has 1 atom stereocenters. The van der Waals surface area contributed by atoms with Gasteiger partial charge in [-0.15, -0.1) is 0 Å². The fraction of sp³-hybridized carbons (Fsp3) is 0.600.